The lowest BCUT2D eigenvalue weighted by Gasteiger charge is -2.22. The molecule has 4 nitrogen and oxygen atoms in total. The van der Waals surface area contributed by atoms with Crippen molar-refractivity contribution in [3.63, 3.8) is 0 Å². The van der Waals surface area contributed by atoms with Gasteiger partial charge in [-0.15, -0.1) is 0 Å². The summed E-state index contributed by atoms with van der Waals surface area (Å²) in [7, 11) is 0. The average Bonchev–Trinajstić information content (AvgIpc) is 2.47. The van der Waals surface area contributed by atoms with Crippen LogP contribution in [0.2, 0.25) is 0 Å². The van der Waals surface area contributed by atoms with Crippen molar-refractivity contribution in [3.8, 4) is 0 Å². The van der Waals surface area contributed by atoms with Gasteiger partial charge < -0.3 is 9.84 Å². The van der Waals surface area contributed by atoms with Crippen molar-refractivity contribution in [1.82, 2.24) is 4.90 Å². The van der Waals surface area contributed by atoms with E-state index in [1.807, 2.05) is 0 Å². The molecule has 16 heavy (non-hydrogen) atoms. The fraction of sp³-hybridized carbons (Fsp3) is 0.900. The van der Waals surface area contributed by atoms with Gasteiger partial charge >= 0.3 is 5.97 Å². The maximum absolute atomic E-state index is 13.2. The Kier molecular flexibility index (Phi) is 4.61. The molecule has 94 valence electrons. The standard InChI is InChI=1S/C10H17F2NO3/c1-2-16-6-8-5-10(11,12)7-13(8)4-3-9(14)15/h8H,2-7H2,1H3,(H,14,15)/t8-/m1/s1. The SMILES string of the molecule is CCOC[C@H]1CC(F)(F)CN1CCC(=O)O. The Morgan fingerprint density at radius 2 is 2.31 bits per heavy atom. The van der Waals surface area contributed by atoms with E-state index < -0.39 is 11.9 Å². The van der Waals surface area contributed by atoms with Gasteiger partial charge in [-0.05, 0) is 6.92 Å². The number of hydrogen-bond acceptors (Lipinski definition) is 3. The van der Waals surface area contributed by atoms with Crippen LogP contribution < -0.4 is 0 Å². The fourth-order valence-corrected chi connectivity index (χ4v) is 1.88. The Balaban J connectivity index is 2.47. The summed E-state index contributed by atoms with van der Waals surface area (Å²) < 4.78 is 31.4. The van der Waals surface area contributed by atoms with Crippen molar-refractivity contribution in [2.45, 2.75) is 31.7 Å². The van der Waals surface area contributed by atoms with Crippen LogP contribution in [0.15, 0.2) is 0 Å². The number of carbonyl (C=O) groups is 1. The van der Waals surface area contributed by atoms with Crippen LogP contribution in [0, 0.1) is 0 Å². The van der Waals surface area contributed by atoms with E-state index in [0.29, 0.717) is 6.61 Å². The van der Waals surface area contributed by atoms with E-state index in [-0.39, 0.29) is 38.6 Å². The number of nitrogens with zero attached hydrogens (tertiary/aromatic N) is 1. The van der Waals surface area contributed by atoms with Crippen molar-refractivity contribution in [1.29, 1.82) is 0 Å². The fourth-order valence-electron chi connectivity index (χ4n) is 1.88. The second-order valence-electron chi connectivity index (χ2n) is 3.99. The lowest BCUT2D eigenvalue weighted by Crippen LogP contribution is -2.35. The lowest BCUT2D eigenvalue weighted by atomic mass is 10.2. The smallest absolute Gasteiger partial charge is 0.304 e. The van der Waals surface area contributed by atoms with Crippen LogP contribution in [0.3, 0.4) is 0 Å². The van der Waals surface area contributed by atoms with Crippen LogP contribution in [-0.4, -0.2) is 54.2 Å². The summed E-state index contributed by atoms with van der Waals surface area (Å²) in [5.41, 5.74) is 0. The van der Waals surface area contributed by atoms with Gasteiger partial charge in [-0.2, -0.15) is 0 Å². The molecule has 1 atom stereocenters. The molecule has 0 spiro atoms. The lowest BCUT2D eigenvalue weighted by molar-refractivity contribution is -0.137. The largest absolute Gasteiger partial charge is 0.481 e. The second kappa shape index (κ2) is 5.54. The molecule has 0 bridgehead atoms. The van der Waals surface area contributed by atoms with Crippen LogP contribution in [-0.2, 0) is 9.53 Å². The van der Waals surface area contributed by atoms with Crippen LogP contribution >= 0.6 is 0 Å². The highest BCUT2D eigenvalue weighted by atomic mass is 19.3. The Morgan fingerprint density at radius 1 is 1.62 bits per heavy atom. The van der Waals surface area contributed by atoms with E-state index in [1.54, 1.807) is 6.92 Å². The summed E-state index contributed by atoms with van der Waals surface area (Å²) in [6.07, 6.45) is -0.356. The van der Waals surface area contributed by atoms with Crippen LogP contribution in [0.4, 0.5) is 8.78 Å². The highest BCUT2D eigenvalue weighted by molar-refractivity contribution is 5.66. The summed E-state index contributed by atoms with van der Waals surface area (Å²) in [4.78, 5) is 11.9. The number of carboxylic acids is 1. The monoisotopic (exact) mass is 237 g/mol. The maximum Gasteiger partial charge on any atom is 0.304 e. The third kappa shape index (κ3) is 4.02. The van der Waals surface area contributed by atoms with Gasteiger partial charge in [0.15, 0.2) is 0 Å². The highest BCUT2D eigenvalue weighted by Gasteiger charge is 2.44. The zero-order valence-corrected chi connectivity index (χ0v) is 9.29. The van der Waals surface area contributed by atoms with Gasteiger partial charge in [0.05, 0.1) is 19.6 Å². The first-order valence-electron chi connectivity index (χ1n) is 5.36. The molecule has 1 rings (SSSR count). The van der Waals surface area contributed by atoms with E-state index in [9.17, 15) is 13.6 Å². The number of alkyl halides is 2. The molecule has 1 N–H and O–H groups in total. The van der Waals surface area contributed by atoms with Gasteiger partial charge in [0.1, 0.15) is 0 Å². The third-order valence-corrected chi connectivity index (χ3v) is 2.61. The van der Waals surface area contributed by atoms with E-state index in [2.05, 4.69) is 0 Å². The molecular formula is C10H17F2NO3. The number of rotatable bonds is 6. The minimum atomic E-state index is -2.72. The molecular weight excluding hydrogens is 220 g/mol. The molecule has 0 aromatic rings. The van der Waals surface area contributed by atoms with Gasteiger partial charge in [0.25, 0.3) is 5.92 Å². The summed E-state index contributed by atoms with van der Waals surface area (Å²) in [6.45, 7) is 2.32. The second-order valence-corrected chi connectivity index (χ2v) is 3.99. The molecule has 0 amide bonds. The van der Waals surface area contributed by atoms with Crippen LogP contribution in [0.1, 0.15) is 19.8 Å². The molecule has 1 heterocycles. The van der Waals surface area contributed by atoms with E-state index >= 15 is 0 Å². The van der Waals surface area contributed by atoms with Gasteiger partial charge in [0.2, 0.25) is 0 Å². The Morgan fingerprint density at radius 3 is 2.88 bits per heavy atom. The number of aliphatic carboxylic acids is 1. The summed E-state index contributed by atoms with van der Waals surface area (Å²) in [6, 6.07) is -0.366. The molecule has 1 aliphatic rings. The molecule has 0 radical (unpaired) electrons. The first-order chi connectivity index (χ1) is 7.44. The quantitative estimate of drug-likeness (QED) is 0.754. The minimum Gasteiger partial charge on any atom is -0.481 e. The van der Waals surface area contributed by atoms with Crippen molar-refractivity contribution in [3.05, 3.63) is 0 Å². The highest BCUT2D eigenvalue weighted by Crippen LogP contribution is 2.32. The number of likely N-dealkylation sites (tertiary alicyclic amines) is 1. The van der Waals surface area contributed by atoms with E-state index in [1.165, 1.54) is 4.90 Å². The number of ether oxygens (including phenoxy) is 1. The Hall–Kier alpha value is -0.750. The van der Waals surface area contributed by atoms with Gasteiger partial charge in [-0.3, -0.25) is 9.69 Å². The van der Waals surface area contributed by atoms with Crippen molar-refractivity contribution in [2.24, 2.45) is 0 Å². The number of hydrogen-bond donors (Lipinski definition) is 1. The Bertz CT molecular complexity index is 248. The van der Waals surface area contributed by atoms with E-state index in [4.69, 9.17) is 9.84 Å². The molecule has 0 saturated carbocycles. The summed E-state index contributed by atoms with van der Waals surface area (Å²) >= 11 is 0. The molecule has 1 aliphatic heterocycles. The van der Waals surface area contributed by atoms with Crippen molar-refractivity contribution < 1.29 is 23.4 Å². The molecule has 6 heteroatoms. The maximum atomic E-state index is 13.2. The topological polar surface area (TPSA) is 49.8 Å². The summed E-state index contributed by atoms with van der Waals surface area (Å²) in [5, 5.41) is 8.52. The van der Waals surface area contributed by atoms with Gasteiger partial charge in [0, 0.05) is 25.6 Å². The number of halogens is 2. The molecule has 0 unspecified atom stereocenters. The zero-order valence-electron chi connectivity index (χ0n) is 9.29. The predicted octanol–water partition coefficient (Wildman–Crippen LogP) is 1.21. The predicted molar refractivity (Wildman–Crippen MR) is 53.7 cm³/mol. The van der Waals surface area contributed by atoms with Crippen molar-refractivity contribution in [2.75, 3.05) is 26.3 Å². The zero-order chi connectivity index (χ0) is 12.2. The number of carboxylic acid groups (broad SMARTS) is 1. The average molecular weight is 237 g/mol. The molecule has 0 aromatic heterocycles. The van der Waals surface area contributed by atoms with Crippen LogP contribution in [0.5, 0.6) is 0 Å². The van der Waals surface area contributed by atoms with E-state index in [0.717, 1.165) is 0 Å². The Labute approximate surface area is 93.2 Å². The van der Waals surface area contributed by atoms with Crippen LogP contribution in [0.25, 0.3) is 0 Å². The minimum absolute atomic E-state index is 0.112. The molecule has 0 aliphatic carbocycles. The normalized spacial score (nSPS) is 24.8. The first-order valence-corrected chi connectivity index (χ1v) is 5.36. The summed E-state index contributed by atoms with van der Waals surface area (Å²) in [5.74, 6) is -3.69. The molecule has 0 aromatic carbocycles. The third-order valence-electron chi connectivity index (χ3n) is 2.61. The first kappa shape index (κ1) is 13.3. The van der Waals surface area contributed by atoms with Crippen molar-refractivity contribution >= 4 is 5.97 Å². The van der Waals surface area contributed by atoms with Gasteiger partial charge in [-0.25, -0.2) is 8.78 Å². The molecule has 1 fully saturated rings. The van der Waals surface area contributed by atoms with Gasteiger partial charge in [-0.1, -0.05) is 0 Å². The molecule has 1 saturated heterocycles.